The number of hydrogen-bond acceptors (Lipinski definition) is 7. The highest BCUT2D eigenvalue weighted by molar-refractivity contribution is 7.09. The Labute approximate surface area is 255 Å². The number of pyridine rings is 1. The first-order valence-corrected chi connectivity index (χ1v) is 14.8. The molecule has 0 unspecified atom stereocenters. The number of aromatic nitrogens is 4. The maximum absolute atomic E-state index is 13.8. The smallest absolute Gasteiger partial charge is 0.434 e. The van der Waals surface area contributed by atoms with E-state index in [2.05, 4.69) is 43.5 Å². The fraction of sp³-hybridized carbons (Fsp3) is 0.250. The molecule has 0 amide bonds. The highest BCUT2D eigenvalue weighted by Gasteiger charge is 2.41. The molecule has 0 saturated heterocycles. The Morgan fingerprint density at radius 1 is 1.07 bits per heavy atom. The van der Waals surface area contributed by atoms with Crippen LogP contribution in [-0.4, -0.2) is 42.3 Å². The van der Waals surface area contributed by atoms with Gasteiger partial charge in [-0.2, -0.15) is 18.3 Å². The molecule has 12 heteroatoms. The number of carboxylic acid groups (broad SMARTS) is 1. The standard InChI is InChI=1S/C32H28F3N5O3S/c1-19-6-9-27(43-17-21-7-8-23-15-39(11-10-22(23)13-21)16-29-37-20(2)18-44-29)24(12-19)26-4-3-5-28(38-26)40-30(32(33,34)35)25(14-36-40)31(41)42/h3-9,12-14,18H,10-11,15-17H2,1-2H3,(H,41,42). The molecular weight excluding hydrogens is 591 g/mol. The third kappa shape index (κ3) is 6.22. The molecule has 1 N–H and O–H groups in total. The number of carboxylic acids is 1. The van der Waals surface area contributed by atoms with Crippen molar-refractivity contribution in [3.05, 3.63) is 110 Å². The maximum Gasteiger partial charge on any atom is 0.434 e. The molecule has 0 atom stereocenters. The average molecular weight is 620 g/mol. The van der Waals surface area contributed by atoms with E-state index in [1.807, 2.05) is 32.0 Å². The SMILES string of the molecule is Cc1ccc(OCc2ccc3c(c2)CCN(Cc2nc(C)cs2)C3)c(-c2cccc(-n3ncc(C(=O)O)c3C(F)(F)F)n2)c1. The lowest BCUT2D eigenvalue weighted by Crippen LogP contribution is -2.30. The second-order valence-electron chi connectivity index (χ2n) is 10.7. The number of aromatic carboxylic acids is 1. The monoisotopic (exact) mass is 619 g/mol. The molecule has 226 valence electrons. The molecule has 5 aromatic rings. The lowest BCUT2D eigenvalue weighted by molar-refractivity contribution is -0.143. The third-order valence-corrected chi connectivity index (χ3v) is 8.36. The highest BCUT2D eigenvalue weighted by atomic mass is 32.1. The van der Waals surface area contributed by atoms with Crippen LogP contribution >= 0.6 is 11.3 Å². The fourth-order valence-corrected chi connectivity index (χ4v) is 6.14. The summed E-state index contributed by atoms with van der Waals surface area (Å²) >= 11 is 1.69. The Kier molecular flexibility index (Phi) is 7.95. The van der Waals surface area contributed by atoms with Gasteiger partial charge in [0.1, 0.15) is 22.9 Å². The Balaban J connectivity index is 1.22. The van der Waals surface area contributed by atoms with Gasteiger partial charge in [-0.25, -0.2) is 19.4 Å². The summed E-state index contributed by atoms with van der Waals surface area (Å²) in [5.41, 5.74) is 4.16. The minimum atomic E-state index is -4.95. The van der Waals surface area contributed by atoms with Gasteiger partial charge in [0.25, 0.3) is 0 Å². The molecule has 0 fully saturated rings. The Morgan fingerprint density at radius 2 is 1.91 bits per heavy atom. The van der Waals surface area contributed by atoms with Crippen molar-refractivity contribution in [1.29, 1.82) is 0 Å². The molecule has 4 heterocycles. The predicted molar refractivity (Wildman–Crippen MR) is 159 cm³/mol. The molecule has 0 radical (unpaired) electrons. The normalized spacial score (nSPS) is 13.6. The van der Waals surface area contributed by atoms with Crippen LogP contribution in [0.3, 0.4) is 0 Å². The van der Waals surface area contributed by atoms with Crippen molar-refractivity contribution < 1.29 is 27.8 Å². The van der Waals surface area contributed by atoms with Crippen LogP contribution < -0.4 is 4.74 Å². The molecule has 3 aromatic heterocycles. The van der Waals surface area contributed by atoms with Crippen LogP contribution in [0, 0.1) is 13.8 Å². The largest absolute Gasteiger partial charge is 0.488 e. The van der Waals surface area contributed by atoms with Gasteiger partial charge in [-0.05, 0) is 61.2 Å². The second-order valence-corrected chi connectivity index (χ2v) is 11.7. The van der Waals surface area contributed by atoms with Gasteiger partial charge in [0.05, 0.1) is 18.4 Å². The first-order valence-electron chi connectivity index (χ1n) is 13.9. The molecule has 0 aliphatic carbocycles. The minimum Gasteiger partial charge on any atom is -0.488 e. The van der Waals surface area contributed by atoms with Crippen molar-refractivity contribution >= 4 is 17.3 Å². The van der Waals surface area contributed by atoms with E-state index in [0.29, 0.717) is 34.5 Å². The van der Waals surface area contributed by atoms with Crippen LogP contribution in [-0.2, 0) is 32.3 Å². The number of alkyl halides is 3. The number of carbonyl (C=O) groups is 1. The highest BCUT2D eigenvalue weighted by Crippen LogP contribution is 2.35. The molecule has 6 rings (SSSR count). The molecule has 0 saturated carbocycles. The van der Waals surface area contributed by atoms with Crippen LogP contribution in [0.5, 0.6) is 5.75 Å². The van der Waals surface area contributed by atoms with Crippen LogP contribution in [0.25, 0.3) is 17.1 Å². The van der Waals surface area contributed by atoms with E-state index < -0.39 is 23.4 Å². The fourth-order valence-electron chi connectivity index (χ4n) is 5.33. The molecule has 1 aliphatic rings. The lowest BCUT2D eigenvalue weighted by atomic mass is 9.97. The van der Waals surface area contributed by atoms with Gasteiger partial charge >= 0.3 is 12.1 Å². The van der Waals surface area contributed by atoms with Gasteiger partial charge in [-0.15, -0.1) is 11.3 Å². The Bertz CT molecular complexity index is 1850. The summed E-state index contributed by atoms with van der Waals surface area (Å²) in [4.78, 5) is 22.9. The van der Waals surface area contributed by atoms with E-state index in [0.717, 1.165) is 47.9 Å². The van der Waals surface area contributed by atoms with Crippen molar-refractivity contribution in [3.63, 3.8) is 0 Å². The molecule has 8 nitrogen and oxygen atoms in total. The first kappa shape index (κ1) is 29.5. The zero-order valence-corrected chi connectivity index (χ0v) is 24.7. The quantitative estimate of drug-likeness (QED) is 0.203. The van der Waals surface area contributed by atoms with Crippen molar-refractivity contribution in [1.82, 2.24) is 24.6 Å². The molecule has 2 aromatic carbocycles. The van der Waals surface area contributed by atoms with E-state index in [4.69, 9.17) is 4.74 Å². The van der Waals surface area contributed by atoms with E-state index >= 15 is 0 Å². The van der Waals surface area contributed by atoms with Crippen LogP contribution in [0.2, 0.25) is 0 Å². The number of aryl methyl sites for hydroxylation is 2. The summed E-state index contributed by atoms with van der Waals surface area (Å²) in [7, 11) is 0. The summed E-state index contributed by atoms with van der Waals surface area (Å²) in [6.07, 6.45) is -3.34. The minimum absolute atomic E-state index is 0.163. The predicted octanol–water partition coefficient (Wildman–Crippen LogP) is 6.86. The maximum atomic E-state index is 13.8. The van der Waals surface area contributed by atoms with Crippen LogP contribution in [0.4, 0.5) is 13.2 Å². The first-order chi connectivity index (χ1) is 21.0. The Hall–Kier alpha value is -4.55. The number of hydrogen-bond donors (Lipinski definition) is 1. The van der Waals surface area contributed by atoms with E-state index in [-0.39, 0.29) is 5.82 Å². The van der Waals surface area contributed by atoms with Crippen molar-refractivity contribution in [2.24, 2.45) is 0 Å². The summed E-state index contributed by atoms with van der Waals surface area (Å²) in [6.45, 7) is 6.85. The number of fused-ring (bicyclic) bond motifs is 1. The number of benzene rings is 2. The van der Waals surface area contributed by atoms with Gasteiger partial charge in [0, 0.05) is 29.7 Å². The molecule has 44 heavy (non-hydrogen) atoms. The summed E-state index contributed by atoms with van der Waals surface area (Å²) in [5.74, 6) is -1.37. The number of ether oxygens (including phenoxy) is 1. The van der Waals surface area contributed by atoms with E-state index in [9.17, 15) is 23.1 Å². The number of nitrogens with zero attached hydrogens (tertiary/aromatic N) is 5. The summed E-state index contributed by atoms with van der Waals surface area (Å²) in [6, 6.07) is 16.5. The summed E-state index contributed by atoms with van der Waals surface area (Å²) < 4.78 is 48.2. The van der Waals surface area contributed by atoms with Gasteiger partial charge in [0.2, 0.25) is 0 Å². The molecule has 0 spiro atoms. The van der Waals surface area contributed by atoms with Gasteiger partial charge < -0.3 is 9.84 Å². The zero-order valence-electron chi connectivity index (χ0n) is 23.9. The lowest BCUT2D eigenvalue weighted by Gasteiger charge is -2.28. The zero-order chi connectivity index (χ0) is 31.0. The average Bonchev–Trinajstić information content (AvgIpc) is 3.63. The van der Waals surface area contributed by atoms with Gasteiger partial charge in [-0.3, -0.25) is 4.90 Å². The van der Waals surface area contributed by atoms with Crippen LogP contribution in [0.15, 0.2) is 66.2 Å². The second kappa shape index (κ2) is 11.9. The molecular formula is C32H28F3N5O3S. The van der Waals surface area contributed by atoms with Gasteiger partial charge in [0.15, 0.2) is 11.5 Å². The Morgan fingerprint density at radius 3 is 2.66 bits per heavy atom. The van der Waals surface area contributed by atoms with E-state index in [1.54, 1.807) is 23.5 Å². The van der Waals surface area contributed by atoms with Crippen molar-refractivity contribution in [2.45, 2.75) is 46.1 Å². The van der Waals surface area contributed by atoms with Crippen molar-refractivity contribution in [2.75, 3.05) is 6.54 Å². The number of halogens is 3. The molecule has 0 bridgehead atoms. The van der Waals surface area contributed by atoms with E-state index in [1.165, 1.54) is 17.2 Å². The van der Waals surface area contributed by atoms with Gasteiger partial charge in [-0.1, -0.05) is 35.9 Å². The van der Waals surface area contributed by atoms with Crippen molar-refractivity contribution in [3.8, 4) is 22.8 Å². The molecule has 1 aliphatic heterocycles. The number of rotatable bonds is 8. The topological polar surface area (TPSA) is 93.4 Å². The third-order valence-electron chi connectivity index (χ3n) is 7.41. The summed E-state index contributed by atoms with van der Waals surface area (Å²) in [5, 5.41) is 16.2. The number of thiazole rings is 1. The van der Waals surface area contributed by atoms with Crippen LogP contribution in [0.1, 0.15) is 49.0 Å².